The van der Waals surface area contributed by atoms with Crippen LogP contribution in [0.1, 0.15) is 26.7 Å². The summed E-state index contributed by atoms with van der Waals surface area (Å²) in [4.78, 5) is 0. The van der Waals surface area contributed by atoms with E-state index in [0.717, 1.165) is 6.61 Å². The Balaban J connectivity index is 1.66. The molecule has 3 unspecified atom stereocenters. The smallest absolute Gasteiger partial charge is 0.0693 e. The highest BCUT2D eigenvalue weighted by Gasteiger charge is 2.57. The van der Waals surface area contributed by atoms with Crippen LogP contribution < -0.4 is 5.32 Å². The summed E-state index contributed by atoms with van der Waals surface area (Å²) in [7, 11) is 0. The van der Waals surface area contributed by atoms with E-state index in [-0.39, 0.29) is 5.41 Å². The summed E-state index contributed by atoms with van der Waals surface area (Å²) in [6.07, 6.45) is 2.92. The molecule has 1 saturated heterocycles. The second kappa shape index (κ2) is 4.74. The number of nitrogens with one attached hydrogen (secondary N) is 1. The van der Waals surface area contributed by atoms with Crippen LogP contribution in [0.2, 0.25) is 0 Å². The van der Waals surface area contributed by atoms with Crippen LogP contribution in [-0.4, -0.2) is 18.8 Å². The lowest BCUT2D eigenvalue weighted by Crippen LogP contribution is -2.67. The fourth-order valence-electron chi connectivity index (χ4n) is 4.33. The molecule has 0 spiro atoms. The van der Waals surface area contributed by atoms with Crippen LogP contribution in [0.15, 0.2) is 42.5 Å². The van der Waals surface area contributed by atoms with Crippen molar-refractivity contribution >= 4 is 16.5 Å². The van der Waals surface area contributed by atoms with Gasteiger partial charge in [-0.15, -0.1) is 0 Å². The molecule has 2 aromatic carbocycles. The van der Waals surface area contributed by atoms with Crippen molar-refractivity contribution in [1.82, 2.24) is 0 Å². The molecule has 2 aliphatic rings. The Hall–Kier alpha value is -1.54. The molecule has 1 aliphatic heterocycles. The number of ether oxygens (including phenoxy) is 1. The van der Waals surface area contributed by atoms with Crippen LogP contribution in [0.25, 0.3) is 10.8 Å². The van der Waals surface area contributed by atoms with Crippen molar-refractivity contribution < 1.29 is 4.74 Å². The minimum Gasteiger partial charge on any atom is -0.381 e. The van der Waals surface area contributed by atoms with Crippen molar-refractivity contribution in [2.24, 2.45) is 11.3 Å². The van der Waals surface area contributed by atoms with Gasteiger partial charge < -0.3 is 10.1 Å². The standard InChI is InChI=1S/C19H23NO/c1-19(2)17(15-10-6-12-21-18(15)19)20-16-11-5-8-13-7-3-4-9-14(13)16/h3-5,7-9,11,15,17-18,20H,6,10,12H2,1-2H3. The van der Waals surface area contributed by atoms with Crippen LogP contribution in [0.5, 0.6) is 0 Å². The number of hydrogen-bond acceptors (Lipinski definition) is 2. The van der Waals surface area contributed by atoms with Gasteiger partial charge in [0.15, 0.2) is 0 Å². The molecule has 21 heavy (non-hydrogen) atoms. The van der Waals surface area contributed by atoms with Gasteiger partial charge in [0.1, 0.15) is 0 Å². The van der Waals surface area contributed by atoms with Gasteiger partial charge in [0.25, 0.3) is 0 Å². The van der Waals surface area contributed by atoms with Crippen molar-refractivity contribution in [3.05, 3.63) is 42.5 Å². The Morgan fingerprint density at radius 2 is 1.90 bits per heavy atom. The number of anilines is 1. The molecule has 0 radical (unpaired) electrons. The van der Waals surface area contributed by atoms with Gasteiger partial charge in [0.05, 0.1) is 6.10 Å². The summed E-state index contributed by atoms with van der Waals surface area (Å²) in [6, 6.07) is 15.6. The van der Waals surface area contributed by atoms with E-state index in [1.54, 1.807) is 0 Å². The van der Waals surface area contributed by atoms with Gasteiger partial charge >= 0.3 is 0 Å². The molecule has 2 heteroatoms. The Kier molecular flexibility index (Phi) is 2.97. The van der Waals surface area contributed by atoms with Gasteiger partial charge in [-0.2, -0.15) is 0 Å². The van der Waals surface area contributed by atoms with E-state index >= 15 is 0 Å². The third-order valence-corrected chi connectivity index (χ3v) is 5.43. The highest BCUT2D eigenvalue weighted by atomic mass is 16.5. The van der Waals surface area contributed by atoms with Crippen LogP contribution in [-0.2, 0) is 4.74 Å². The minimum atomic E-state index is 0.210. The molecule has 2 fully saturated rings. The monoisotopic (exact) mass is 281 g/mol. The van der Waals surface area contributed by atoms with E-state index in [9.17, 15) is 0 Å². The van der Waals surface area contributed by atoms with Crippen molar-refractivity contribution in [2.75, 3.05) is 11.9 Å². The average molecular weight is 281 g/mol. The Bertz CT molecular complexity index is 658. The second-order valence-electron chi connectivity index (χ2n) is 7.07. The van der Waals surface area contributed by atoms with Crippen LogP contribution in [0.3, 0.4) is 0 Å². The average Bonchev–Trinajstić information content (AvgIpc) is 2.52. The van der Waals surface area contributed by atoms with Gasteiger partial charge in [-0.1, -0.05) is 50.2 Å². The molecule has 3 atom stereocenters. The highest BCUT2D eigenvalue weighted by Crippen LogP contribution is 2.52. The summed E-state index contributed by atoms with van der Waals surface area (Å²) in [5.74, 6) is 0.660. The SMILES string of the molecule is CC1(C)C(Nc2cccc3ccccc23)C2CCCOC21. The largest absolute Gasteiger partial charge is 0.381 e. The second-order valence-corrected chi connectivity index (χ2v) is 7.07. The summed E-state index contributed by atoms with van der Waals surface area (Å²) < 4.78 is 6.01. The highest BCUT2D eigenvalue weighted by molar-refractivity contribution is 5.93. The van der Waals surface area contributed by atoms with E-state index < -0.39 is 0 Å². The fraction of sp³-hybridized carbons (Fsp3) is 0.474. The van der Waals surface area contributed by atoms with Crippen molar-refractivity contribution in [2.45, 2.75) is 38.8 Å². The zero-order chi connectivity index (χ0) is 14.4. The Labute approximate surface area is 126 Å². The molecule has 1 N–H and O–H groups in total. The molecule has 0 bridgehead atoms. The predicted molar refractivity (Wildman–Crippen MR) is 87.6 cm³/mol. The van der Waals surface area contributed by atoms with E-state index in [2.05, 4.69) is 61.6 Å². The van der Waals surface area contributed by atoms with Crippen LogP contribution >= 0.6 is 0 Å². The summed E-state index contributed by atoms with van der Waals surface area (Å²) in [5, 5.41) is 6.45. The lowest BCUT2D eigenvalue weighted by atomic mass is 9.55. The Morgan fingerprint density at radius 1 is 1.10 bits per heavy atom. The normalized spacial score (nSPS) is 30.5. The van der Waals surface area contributed by atoms with Crippen molar-refractivity contribution in [1.29, 1.82) is 0 Å². The molecule has 0 aromatic heterocycles. The van der Waals surface area contributed by atoms with E-state index in [1.807, 2.05) is 0 Å². The van der Waals surface area contributed by atoms with Gasteiger partial charge in [-0.25, -0.2) is 0 Å². The van der Waals surface area contributed by atoms with E-state index in [1.165, 1.54) is 29.3 Å². The summed E-state index contributed by atoms with van der Waals surface area (Å²) in [5.41, 5.74) is 1.47. The molecule has 2 aromatic rings. The molecule has 2 nitrogen and oxygen atoms in total. The minimum absolute atomic E-state index is 0.210. The molecular formula is C19H23NO. The van der Waals surface area contributed by atoms with E-state index in [0.29, 0.717) is 18.1 Å². The first kappa shape index (κ1) is 13.1. The fourth-order valence-corrected chi connectivity index (χ4v) is 4.33. The molecule has 1 aliphatic carbocycles. The van der Waals surface area contributed by atoms with Crippen LogP contribution in [0, 0.1) is 11.3 Å². The molecule has 0 amide bonds. The van der Waals surface area contributed by atoms with Gasteiger partial charge in [-0.3, -0.25) is 0 Å². The van der Waals surface area contributed by atoms with E-state index in [4.69, 9.17) is 4.74 Å². The third-order valence-electron chi connectivity index (χ3n) is 5.43. The first-order chi connectivity index (χ1) is 10.2. The quantitative estimate of drug-likeness (QED) is 0.877. The molecule has 1 heterocycles. The lowest BCUT2D eigenvalue weighted by molar-refractivity contribution is -0.177. The number of fused-ring (bicyclic) bond motifs is 2. The zero-order valence-corrected chi connectivity index (χ0v) is 12.8. The predicted octanol–water partition coefficient (Wildman–Crippen LogP) is 4.46. The van der Waals surface area contributed by atoms with Crippen molar-refractivity contribution in [3.8, 4) is 0 Å². The van der Waals surface area contributed by atoms with Crippen molar-refractivity contribution in [3.63, 3.8) is 0 Å². The summed E-state index contributed by atoms with van der Waals surface area (Å²) >= 11 is 0. The zero-order valence-electron chi connectivity index (χ0n) is 12.8. The number of hydrogen-bond donors (Lipinski definition) is 1. The molecular weight excluding hydrogens is 258 g/mol. The maximum absolute atomic E-state index is 6.01. The maximum atomic E-state index is 6.01. The van der Waals surface area contributed by atoms with Crippen LogP contribution in [0.4, 0.5) is 5.69 Å². The van der Waals surface area contributed by atoms with Gasteiger partial charge in [0, 0.05) is 35.1 Å². The lowest BCUT2D eigenvalue weighted by Gasteiger charge is -2.60. The summed E-state index contributed by atoms with van der Waals surface area (Å²) in [6.45, 7) is 5.61. The number of rotatable bonds is 2. The molecule has 4 rings (SSSR count). The first-order valence-corrected chi connectivity index (χ1v) is 8.04. The number of benzene rings is 2. The van der Waals surface area contributed by atoms with Gasteiger partial charge in [-0.05, 0) is 24.3 Å². The topological polar surface area (TPSA) is 21.3 Å². The first-order valence-electron chi connectivity index (χ1n) is 8.04. The maximum Gasteiger partial charge on any atom is 0.0693 e. The third kappa shape index (κ3) is 1.96. The molecule has 1 saturated carbocycles. The molecule has 110 valence electrons. The Morgan fingerprint density at radius 3 is 2.81 bits per heavy atom. The van der Waals surface area contributed by atoms with Gasteiger partial charge in [0.2, 0.25) is 0 Å².